The van der Waals surface area contributed by atoms with Crippen molar-refractivity contribution in [3.8, 4) is 0 Å². The normalized spacial score (nSPS) is 20.9. The Morgan fingerprint density at radius 1 is 1.19 bits per heavy atom. The number of nitrogens with zero attached hydrogens (tertiary/aromatic N) is 1. The number of hydrogen-bond donors (Lipinski definition) is 2. The molecule has 2 aliphatic rings. The number of hydrogen-bond acceptors (Lipinski definition) is 3. The Balaban J connectivity index is 1.81. The SMILES string of the molecule is O=C(O)c1ccc2c(c1)CCCN2CC1(O)CCCCC1. The van der Waals surface area contributed by atoms with E-state index < -0.39 is 11.6 Å². The third-order valence-corrected chi connectivity index (χ3v) is 4.81. The topological polar surface area (TPSA) is 60.8 Å². The summed E-state index contributed by atoms with van der Waals surface area (Å²) in [5.74, 6) is -0.874. The van der Waals surface area contributed by atoms with Gasteiger partial charge in [-0.3, -0.25) is 0 Å². The average Bonchev–Trinajstić information content (AvgIpc) is 2.47. The first kappa shape index (κ1) is 14.4. The summed E-state index contributed by atoms with van der Waals surface area (Å²) < 4.78 is 0. The fourth-order valence-electron chi connectivity index (χ4n) is 3.70. The highest BCUT2D eigenvalue weighted by molar-refractivity contribution is 5.88. The minimum absolute atomic E-state index is 0.354. The van der Waals surface area contributed by atoms with Crippen LogP contribution in [-0.4, -0.2) is 34.9 Å². The fourth-order valence-corrected chi connectivity index (χ4v) is 3.70. The standard InChI is InChI=1S/C17H23NO3/c19-16(20)14-6-7-15-13(11-14)5-4-10-18(15)12-17(21)8-2-1-3-9-17/h6-7,11,21H,1-5,8-10,12H2,(H,19,20). The van der Waals surface area contributed by atoms with E-state index in [9.17, 15) is 9.90 Å². The van der Waals surface area contributed by atoms with Crippen molar-refractivity contribution >= 4 is 11.7 Å². The van der Waals surface area contributed by atoms with Crippen molar-refractivity contribution in [1.82, 2.24) is 0 Å². The number of β-amino-alcohol motifs (C(OH)–C–C–N with tert-alkyl or cyclic N) is 1. The number of anilines is 1. The molecule has 1 saturated carbocycles. The molecular formula is C17H23NO3. The second-order valence-electron chi connectivity index (χ2n) is 6.46. The molecule has 0 aromatic heterocycles. The molecule has 3 rings (SSSR count). The number of carboxylic acid groups (broad SMARTS) is 1. The first-order chi connectivity index (χ1) is 10.1. The Kier molecular flexibility index (Phi) is 3.89. The van der Waals surface area contributed by atoms with Gasteiger partial charge in [0.25, 0.3) is 0 Å². The predicted octanol–water partition coefficient (Wildman–Crippen LogP) is 2.83. The van der Waals surface area contributed by atoms with Gasteiger partial charge in [-0.2, -0.15) is 0 Å². The molecule has 1 aromatic rings. The van der Waals surface area contributed by atoms with Crippen LogP contribution in [0.1, 0.15) is 54.4 Å². The fraction of sp³-hybridized carbons (Fsp3) is 0.588. The number of carboxylic acids is 1. The summed E-state index contributed by atoms with van der Waals surface area (Å²) in [5.41, 5.74) is 1.98. The third-order valence-electron chi connectivity index (χ3n) is 4.81. The Labute approximate surface area is 125 Å². The van der Waals surface area contributed by atoms with Crippen LogP contribution in [0.25, 0.3) is 0 Å². The average molecular weight is 289 g/mol. The Hall–Kier alpha value is -1.55. The van der Waals surface area contributed by atoms with Crippen LogP contribution in [0.4, 0.5) is 5.69 Å². The van der Waals surface area contributed by atoms with Crippen LogP contribution >= 0.6 is 0 Å². The van der Waals surface area contributed by atoms with Crippen LogP contribution in [0.3, 0.4) is 0 Å². The lowest BCUT2D eigenvalue weighted by molar-refractivity contribution is 0.0107. The van der Waals surface area contributed by atoms with Crippen molar-refractivity contribution in [3.05, 3.63) is 29.3 Å². The van der Waals surface area contributed by atoms with Crippen LogP contribution in [-0.2, 0) is 6.42 Å². The van der Waals surface area contributed by atoms with E-state index in [1.165, 1.54) is 6.42 Å². The zero-order valence-corrected chi connectivity index (χ0v) is 12.3. The van der Waals surface area contributed by atoms with Gasteiger partial charge in [-0.1, -0.05) is 19.3 Å². The van der Waals surface area contributed by atoms with Crippen LogP contribution in [0.15, 0.2) is 18.2 Å². The van der Waals surface area contributed by atoms with Crippen molar-refractivity contribution in [2.24, 2.45) is 0 Å². The monoisotopic (exact) mass is 289 g/mol. The summed E-state index contributed by atoms with van der Waals surface area (Å²) in [6.07, 6.45) is 7.14. The largest absolute Gasteiger partial charge is 0.478 e. The molecule has 0 radical (unpaired) electrons. The zero-order valence-electron chi connectivity index (χ0n) is 12.3. The summed E-state index contributed by atoms with van der Waals surface area (Å²) >= 11 is 0. The summed E-state index contributed by atoms with van der Waals surface area (Å²) in [4.78, 5) is 13.3. The molecule has 1 heterocycles. The smallest absolute Gasteiger partial charge is 0.335 e. The van der Waals surface area contributed by atoms with Crippen LogP contribution < -0.4 is 4.90 Å². The Bertz CT molecular complexity index is 535. The van der Waals surface area contributed by atoms with Crippen LogP contribution in [0.5, 0.6) is 0 Å². The zero-order chi connectivity index (χ0) is 14.9. The molecule has 1 aromatic carbocycles. The van der Waals surface area contributed by atoms with Crippen molar-refractivity contribution < 1.29 is 15.0 Å². The van der Waals surface area contributed by atoms with Crippen LogP contribution in [0.2, 0.25) is 0 Å². The van der Waals surface area contributed by atoms with E-state index in [2.05, 4.69) is 4.90 Å². The van der Waals surface area contributed by atoms with E-state index in [-0.39, 0.29) is 0 Å². The number of benzene rings is 1. The van der Waals surface area contributed by atoms with E-state index in [1.54, 1.807) is 12.1 Å². The number of rotatable bonds is 3. The first-order valence-electron chi connectivity index (χ1n) is 7.91. The van der Waals surface area contributed by atoms with Crippen molar-refractivity contribution in [2.75, 3.05) is 18.0 Å². The molecule has 1 aliphatic heterocycles. The third kappa shape index (κ3) is 3.05. The second kappa shape index (κ2) is 5.68. The molecule has 0 bridgehead atoms. The van der Waals surface area contributed by atoms with E-state index in [4.69, 9.17) is 5.11 Å². The minimum Gasteiger partial charge on any atom is -0.478 e. The molecule has 114 valence electrons. The first-order valence-corrected chi connectivity index (χ1v) is 7.91. The highest BCUT2D eigenvalue weighted by Gasteiger charge is 2.32. The molecule has 4 heteroatoms. The van der Waals surface area contributed by atoms with Crippen molar-refractivity contribution in [3.63, 3.8) is 0 Å². The van der Waals surface area contributed by atoms with Gasteiger partial charge in [-0.25, -0.2) is 4.79 Å². The van der Waals surface area contributed by atoms with Gasteiger partial charge in [0, 0.05) is 18.8 Å². The summed E-state index contributed by atoms with van der Waals surface area (Å²) in [7, 11) is 0. The predicted molar refractivity (Wildman–Crippen MR) is 82.0 cm³/mol. The molecular weight excluding hydrogens is 266 g/mol. The van der Waals surface area contributed by atoms with Gasteiger partial charge in [0.05, 0.1) is 11.2 Å². The lowest BCUT2D eigenvalue weighted by Gasteiger charge is -2.40. The van der Waals surface area contributed by atoms with Gasteiger partial charge in [0.2, 0.25) is 0 Å². The lowest BCUT2D eigenvalue weighted by atomic mass is 9.84. The Morgan fingerprint density at radius 3 is 2.67 bits per heavy atom. The Morgan fingerprint density at radius 2 is 1.95 bits per heavy atom. The van der Waals surface area contributed by atoms with Crippen molar-refractivity contribution in [2.45, 2.75) is 50.5 Å². The van der Waals surface area contributed by atoms with E-state index in [1.807, 2.05) is 6.07 Å². The summed E-state index contributed by atoms with van der Waals surface area (Å²) in [6, 6.07) is 5.36. The van der Waals surface area contributed by atoms with E-state index >= 15 is 0 Å². The molecule has 0 saturated heterocycles. The molecule has 0 spiro atoms. The van der Waals surface area contributed by atoms with Crippen LogP contribution in [0, 0.1) is 0 Å². The number of aromatic carboxylic acids is 1. The number of aliphatic hydroxyl groups is 1. The highest BCUT2D eigenvalue weighted by atomic mass is 16.4. The maximum absolute atomic E-state index is 11.1. The van der Waals surface area contributed by atoms with Gasteiger partial charge in [0.1, 0.15) is 0 Å². The van der Waals surface area contributed by atoms with E-state index in [0.717, 1.165) is 56.3 Å². The minimum atomic E-state index is -0.874. The summed E-state index contributed by atoms with van der Waals surface area (Å²) in [6.45, 7) is 1.62. The molecule has 0 unspecified atom stereocenters. The number of aryl methyl sites for hydroxylation is 1. The number of carbonyl (C=O) groups is 1. The molecule has 1 aliphatic carbocycles. The van der Waals surface area contributed by atoms with Gasteiger partial charge < -0.3 is 15.1 Å². The maximum Gasteiger partial charge on any atom is 0.335 e. The number of fused-ring (bicyclic) bond motifs is 1. The quantitative estimate of drug-likeness (QED) is 0.898. The van der Waals surface area contributed by atoms with Gasteiger partial charge in [-0.05, 0) is 49.4 Å². The lowest BCUT2D eigenvalue weighted by Crippen LogP contribution is -2.46. The van der Waals surface area contributed by atoms with Gasteiger partial charge in [-0.15, -0.1) is 0 Å². The summed E-state index contributed by atoms with van der Waals surface area (Å²) in [5, 5.41) is 19.9. The van der Waals surface area contributed by atoms with E-state index in [0.29, 0.717) is 12.1 Å². The molecule has 2 N–H and O–H groups in total. The molecule has 21 heavy (non-hydrogen) atoms. The van der Waals surface area contributed by atoms with Crippen molar-refractivity contribution in [1.29, 1.82) is 0 Å². The molecule has 0 amide bonds. The molecule has 0 atom stereocenters. The maximum atomic E-state index is 11.1. The second-order valence-corrected chi connectivity index (χ2v) is 6.46. The van der Waals surface area contributed by atoms with Gasteiger partial charge in [0.15, 0.2) is 0 Å². The molecule has 4 nitrogen and oxygen atoms in total. The highest BCUT2D eigenvalue weighted by Crippen LogP contribution is 2.34. The van der Waals surface area contributed by atoms with Gasteiger partial charge >= 0.3 is 5.97 Å². The molecule has 1 fully saturated rings.